The number of nitrogens with zero attached hydrogens (tertiary/aromatic N) is 2. The Morgan fingerprint density at radius 2 is 1.08 bits per heavy atom. The number of thiophene rings is 1. The summed E-state index contributed by atoms with van der Waals surface area (Å²) in [5.41, 5.74) is 10.6. The first-order valence-corrected chi connectivity index (χ1v) is 17.9. The van der Waals surface area contributed by atoms with Gasteiger partial charge in [-0.2, -0.15) is 0 Å². The lowest BCUT2D eigenvalue weighted by atomic mass is 10.00. The van der Waals surface area contributed by atoms with Crippen molar-refractivity contribution in [3.05, 3.63) is 182 Å². The number of para-hydroxylation sites is 1. The quantitative estimate of drug-likeness (QED) is 0.176. The van der Waals surface area contributed by atoms with Crippen LogP contribution in [-0.2, 0) is 0 Å². The van der Waals surface area contributed by atoms with Crippen LogP contribution in [0.1, 0.15) is 0 Å². The minimum absolute atomic E-state index is 0.639. The van der Waals surface area contributed by atoms with Crippen LogP contribution >= 0.6 is 11.3 Å². The molecule has 0 N–H and O–H groups in total. The Labute approximate surface area is 299 Å². The highest BCUT2D eigenvalue weighted by Gasteiger charge is 2.20. The van der Waals surface area contributed by atoms with Crippen molar-refractivity contribution < 1.29 is 4.42 Å². The molecular formula is C47H30N2OS. The first-order valence-electron chi connectivity index (χ1n) is 17.1. The number of hydrogen-bond donors (Lipinski definition) is 0. The number of aromatic nitrogens is 1. The molecule has 0 aliphatic heterocycles. The summed E-state index contributed by atoms with van der Waals surface area (Å²) in [5.74, 6) is 0.639. The van der Waals surface area contributed by atoms with E-state index in [1.54, 1.807) is 0 Å². The van der Waals surface area contributed by atoms with E-state index in [1.165, 1.54) is 36.7 Å². The van der Waals surface area contributed by atoms with E-state index in [0.29, 0.717) is 5.89 Å². The normalized spacial score (nSPS) is 11.5. The molecule has 0 spiro atoms. The van der Waals surface area contributed by atoms with E-state index in [0.717, 1.165) is 50.2 Å². The highest BCUT2D eigenvalue weighted by molar-refractivity contribution is 7.26. The molecule has 2 heterocycles. The van der Waals surface area contributed by atoms with Crippen molar-refractivity contribution in [2.75, 3.05) is 4.90 Å². The van der Waals surface area contributed by atoms with Crippen LogP contribution in [0.3, 0.4) is 0 Å². The minimum atomic E-state index is 0.639. The maximum absolute atomic E-state index is 6.47. The summed E-state index contributed by atoms with van der Waals surface area (Å²) in [7, 11) is 0. The van der Waals surface area contributed by atoms with E-state index in [2.05, 4.69) is 157 Å². The van der Waals surface area contributed by atoms with E-state index in [9.17, 15) is 0 Å². The van der Waals surface area contributed by atoms with Gasteiger partial charge in [0.25, 0.3) is 0 Å². The van der Waals surface area contributed by atoms with Crippen molar-refractivity contribution in [3.63, 3.8) is 0 Å². The van der Waals surface area contributed by atoms with Crippen molar-refractivity contribution in [2.45, 2.75) is 0 Å². The second-order valence-corrected chi connectivity index (χ2v) is 13.8. The average molecular weight is 671 g/mol. The second kappa shape index (κ2) is 12.1. The van der Waals surface area contributed by atoms with Crippen molar-refractivity contribution in [1.29, 1.82) is 0 Å². The van der Waals surface area contributed by atoms with Gasteiger partial charge in [-0.1, -0.05) is 115 Å². The van der Waals surface area contributed by atoms with Crippen molar-refractivity contribution in [2.24, 2.45) is 0 Å². The summed E-state index contributed by atoms with van der Waals surface area (Å²) in [4.78, 5) is 7.36. The molecule has 0 saturated heterocycles. The molecule has 240 valence electrons. The fourth-order valence-electron chi connectivity index (χ4n) is 7.18. The van der Waals surface area contributed by atoms with Gasteiger partial charge in [0.05, 0.1) is 0 Å². The van der Waals surface area contributed by atoms with Gasteiger partial charge in [-0.05, 0) is 94.2 Å². The molecule has 0 aliphatic rings. The van der Waals surface area contributed by atoms with Crippen molar-refractivity contribution in [1.82, 2.24) is 4.98 Å². The smallest absolute Gasteiger partial charge is 0.227 e. The molecule has 2 aromatic heterocycles. The predicted octanol–water partition coefficient (Wildman–Crippen LogP) is 13.8. The van der Waals surface area contributed by atoms with Gasteiger partial charge < -0.3 is 9.32 Å². The summed E-state index contributed by atoms with van der Waals surface area (Å²) in [5, 5.41) is 4.85. The van der Waals surface area contributed by atoms with Crippen molar-refractivity contribution >= 4 is 70.4 Å². The molecule has 4 heteroatoms. The molecule has 10 aromatic rings. The monoisotopic (exact) mass is 670 g/mol. The molecule has 0 aliphatic carbocycles. The average Bonchev–Trinajstić information content (AvgIpc) is 3.81. The molecule has 0 radical (unpaired) electrons. The predicted molar refractivity (Wildman–Crippen MR) is 215 cm³/mol. The lowest BCUT2D eigenvalue weighted by molar-refractivity contribution is 0.620. The van der Waals surface area contributed by atoms with E-state index in [-0.39, 0.29) is 0 Å². The minimum Gasteiger partial charge on any atom is -0.436 e. The first-order chi connectivity index (χ1) is 25.3. The number of hydrogen-bond acceptors (Lipinski definition) is 4. The number of oxazole rings is 1. The SMILES string of the molecule is c1ccc(-c2nc3c(cc(-c4ccc(N(c5ccccc5)c5ccc(-c6ccc7ccccc7c6)cc5)cc4)c4sc5ccccc5c43)o2)cc1. The Balaban J connectivity index is 1.07. The Morgan fingerprint density at radius 1 is 0.471 bits per heavy atom. The van der Waals surface area contributed by atoms with E-state index < -0.39 is 0 Å². The van der Waals surface area contributed by atoms with Gasteiger partial charge in [-0.3, -0.25) is 0 Å². The van der Waals surface area contributed by atoms with Gasteiger partial charge in [-0.15, -0.1) is 11.3 Å². The highest BCUT2D eigenvalue weighted by Crippen LogP contribution is 2.45. The molecule has 0 bridgehead atoms. The van der Waals surface area contributed by atoms with Gasteiger partial charge in [0.1, 0.15) is 5.52 Å². The lowest BCUT2D eigenvalue weighted by Gasteiger charge is -2.26. The molecule has 0 atom stereocenters. The van der Waals surface area contributed by atoms with Crippen LogP contribution in [0.25, 0.3) is 75.8 Å². The van der Waals surface area contributed by atoms with Gasteiger partial charge in [0, 0.05) is 48.4 Å². The largest absolute Gasteiger partial charge is 0.436 e. The number of benzene rings is 8. The van der Waals surface area contributed by atoms with E-state index >= 15 is 0 Å². The lowest BCUT2D eigenvalue weighted by Crippen LogP contribution is -2.09. The third-order valence-electron chi connectivity index (χ3n) is 9.69. The van der Waals surface area contributed by atoms with Gasteiger partial charge >= 0.3 is 0 Å². The molecular weight excluding hydrogens is 641 g/mol. The fourth-order valence-corrected chi connectivity index (χ4v) is 8.42. The Morgan fingerprint density at radius 3 is 1.84 bits per heavy atom. The zero-order chi connectivity index (χ0) is 33.7. The zero-order valence-corrected chi connectivity index (χ0v) is 28.3. The van der Waals surface area contributed by atoms with Crippen molar-refractivity contribution in [3.8, 4) is 33.7 Å². The third kappa shape index (κ3) is 5.16. The summed E-state index contributed by atoms with van der Waals surface area (Å²) >= 11 is 1.82. The topological polar surface area (TPSA) is 29.3 Å². The Bertz CT molecular complexity index is 2840. The number of fused-ring (bicyclic) bond motifs is 6. The van der Waals surface area contributed by atoms with E-state index in [4.69, 9.17) is 9.40 Å². The zero-order valence-electron chi connectivity index (χ0n) is 27.5. The molecule has 0 amide bonds. The van der Waals surface area contributed by atoms with Crippen LogP contribution < -0.4 is 4.90 Å². The second-order valence-electron chi connectivity index (χ2n) is 12.8. The summed E-state index contributed by atoms with van der Waals surface area (Å²) in [6, 6.07) is 64.4. The van der Waals surface area contributed by atoms with E-state index in [1.807, 2.05) is 41.7 Å². The summed E-state index contributed by atoms with van der Waals surface area (Å²) in [6.45, 7) is 0. The number of anilines is 3. The van der Waals surface area contributed by atoms with Crippen LogP contribution in [-0.4, -0.2) is 4.98 Å². The van der Waals surface area contributed by atoms with Crippen LogP contribution in [0.5, 0.6) is 0 Å². The standard InChI is InChI=1S/C47H30N2OS/c1-3-12-34(13-4-1)47-48-45-42(50-47)30-41(46-44(45)40-17-9-10-18-43(40)51-46)33-23-27-39(28-24-33)49(37-15-5-2-6-16-37)38-25-21-32(22-26-38)36-20-19-31-11-7-8-14-35(31)29-36/h1-30H. The van der Waals surface area contributed by atoms with Gasteiger partial charge in [-0.25, -0.2) is 4.98 Å². The molecule has 51 heavy (non-hydrogen) atoms. The van der Waals surface area contributed by atoms with Crippen LogP contribution in [0.2, 0.25) is 0 Å². The molecule has 0 saturated carbocycles. The summed E-state index contributed by atoms with van der Waals surface area (Å²) in [6.07, 6.45) is 0. The van der Waals surface area contributed by atoms with Gasteiger partial charge in [0.15, 0.2) is 5.58 Å². The molecule has 0 fully saturated rings. The fraction of sp³-hybridized carbons (Fsp3) is 0. The Kier molecular flexibility index (Phi) is 7.00. The third-order valence-corrected chi connectivity index (χ3v) is 10.9. The van der Waals surface area contributed by atoms with Crippen LogP contribution in [0, 0.1) is 0 Å². The van der Waals surface area contributed by atoms with Crippen LogP contribution in [0.4, 0.5) is 17.1 Å². The molecule has 0 unspecified atom stereocenters. The van der Waals surface area contributed by atoms with Gasteiger partial charge in [0.2, 0.25) is 5.89 Å². The summed E-state index contributed by atoms with van der Waals surface area (Å²) < 4.78 is 8.92. The maximum atomic E-state index is 6.47. The maximum Gasteiger partial charge on any atom is 0.227 e. The highest BCUT2D eigenvalue weighted by atomic mass is 32.1. The first kappa shape index (κ1) is 29.4. The van der Waals surface area contributed by atoms with Crippen LogP contribution in [0.15, 0.2) is 186 Å². The molecule has 10 rings (SSSR count). The molecule has 3 nitrogen and oxygen atoms in total. The Hall–Kier alpha value is -6.49. The molecule has 8 aromatic carbocycles. The number of rotatable bonds is 6.